The van der Waals surface area contributed by atoms with E-state index in [0.717, 1.165) is 20.8 Å². The molecule has 1 aliphatic rings. The van der Waals surface area contributed by atoms with Gasteiger partial charge >= 0.3 is 23.9 Å². The Labute approximate surface area is 235 Å². The lowest BCUT2D eigenvalue weighted by molar-refractivity contribution is -0.255. The Kier molecular flexibility index (Phi) is 10.8. The van der Waals surface area contributed by atoms with E-state index in [-0.39, 0.29) is 11.8 Å². The molecule has 0 aliphatic carbocycles. The lowest BCUT2D eigenvalue weighted by Gasteiger charge is -2.44. The Balaban J connectivity index is 1.83. The first-order valence-electron chi connectivity index (χ1n) is 12.1. The Hall–Kier alpha value is -4.23. The smallest absolute Gasteiger partial charge is 0.303 e. The van der Waals surface area contributed by atoms with Crippen LogP contribution < -0.4 is 14.8 Å². The van der Waals surface area contributed by atoms with Gasteiger partial charge in [-0.15, -0.1) is 0 Å². The van der Waals surface area contributed by atoms with Crippen LogP contribution in [0.1, 0.15) is 27.7 Å². The Morgan fingerprint density at radius 2 is 1.32 bits per heavy atom. The Morgan fingerprint density at radius 3 is 1.95 bits per heavy atom. The van der Waals surface area contributed by atoms with Crippen molar-refractivity contribution >= 4 is 41.3 Å². The maximum absolute atomic E-state index is 12.0. The molecule has 13 heteroatoms. The third-order valence-electron chi connectivity index (χ3n) is 5.25. The van der Waals surface area contributed by atoms with Crippen LogP contribution in [0.15, 0.2) is 54.6 Å². The van der Waals surface area contributed by atoms with E-state index in [1.807, 2.05) is 18.2 Å². The number of benzene rings is 2. The van der Waals surface area contributed by atoms with Crippen molar-refractivity contribution < 1.29 is 52.3 Å². The van der Waals surface area contributed by atoms with Gasteiger partial charge in [-0.05, 0) is 36.5 Å². The van der Waals surface area contributed by atoms with Crippen LogP contribution in [0.5, 0.6) is 17.2 Å². The fraction of sp³-hybridized carbons (Fsp3) is 0.370. The van der Waals surface area contributed by atoms with Crippen molar-refractivity contribution in [1.29, 1.82) is 0 Å². The highest BCUT2D eigenvalue weighted by atomic mass is 32.1. The first-order chi connectivity index (χ1) is 19.0. The summed E-state index contributed by atoms with van der Waals surface area (Å²) in [6.45, 7) is 4.22. The van der Waals surface area contributed by atoms with E-state index in [1.165, 1.54) is 6.92 Å². The number of ether oxygens (including phenoxy) is 7. The van der Waals surface area contributed by atoms with Crippen LogP contribution in [0.4, 0.5) is 0 Å². The standard InChI is InChI=1S/C27H29NO11S/c1-15(29)33-14-22-23(34-16(2)30)24(35-17(3)31)25(36-18(4)32)26(39-22)28-27(40)38-21-12-8-11-20(13-21)37-19-9-6-5-7-10-19/h5-13,22-26H,14H2,1-4H3,(H,28,40). The quantitative estimate of drug-likeness (QED) is 0.266. The van der Waals surface area contributed by atoms with E-state index < -0.39 is 54.5 Å². The fourth-order valence-electron chi connectivity index (χ4n) is 3.82. The molecule has 0 aromatic heterocycles. The monoisotopic (exact) mass is 575 g/mol. The molecule has 1 fully saturated rings. The van der Waals surface area contributed by atoms with Crippen LogP contribution in [-0.2, 0) is 42.9 Å². The van der Waals surface area contributed by atoms with Crippen LogP contribution >= 0.6 is 12.2 Å². The molecule has 5 unspecified atom stereocenters. The Bertz CT molecular complexity index is 1220. The molecule has 1 aliphatic heterocycles. The molecule has 0 spiro atoms. The summed E-state index contributed by atoms with van der Waals surface area (Å²) >= 11 is 5.35. The number of carbonyl (C=O) groups excluding carboxylic acids is 4. The zero-order valence-corrected chi connectivity index (χ0v) is 23.0. The van der Waals surface area contributed by atoms with Crippen molar-refractivity contribution in [2.24, 2.45) is 0 Å². The van der Waals surface area contributed by atoms with Gasteiger partial charge in [-0.2, -0.15) is 0 Å². The van der Waals surface area contributed by atoms with Gasteiger partial charge in [-0.3, -0.25) is 19.2 Å². The molecule has 214 valence electrons. The van der Waals surface area contributed by atoms with Gasteiger partial charge in [-0.25, -0.2) is 0 Å². The van der Waals surface area contributed by atoms with Crippen molar-refractivity contribution in [1.82, 2.24) is 5.32 Å². The maximum atomic E-state index is 12.0. The third kappa shape index (κ3) is 9.20. The third-order valence-corrected chi connectivity index (χ3v) is 5.45. The normalized spacial score (nSPS) is 21.8. The number of hydrogen-bond acceptors (Lipinski definition) is 12. The fourth-order valence-corrected chi connectivity index (χ4v) is 4.04. The SMILES string of the molecule is CC(=O)OCC1OC(NC(=S)Oc2cccc(Oc3ccccc3)c2)C(OC(C)=O)C(OC(C)=O)C1OC(C)=O. The van der Waals surface area contributed by atoms with Crippen LogP contribution in [0.25, 0.3) is 0 Å². The molecule has 0 amide bonds. The molecule has 0 saturated carbocycles. The first kappa shape index (κ1) is 30.3. The lowest BCUT2D eigenvalue weighted by atomic mass is 9.97. The van der Waals surface area contributed by atoms with E-state index >= 15 is 0 Å². The number of nitrogens with one attached hydrogen (secondary N) is 1. The average Bonchev–Trinajstić information content (AvgIpc) is 2.86. The number of esters is 4. The summed E-state index contributed by atoms with van der Waals surface area (Å²) in [5.74, 6) is -1.43. The van der Waals surface area contributed by atoms with Gasteiger partial charge in [0.15, 0.2) is 24.5 Å². The largest absolute Gasteiger partial charge is 0.463 e. The zero-order valence-electron chi connectivity index (χ0n) is 22.2. The van der Waals surface area contributed by atoms with Crippen LogP contribution in [0, 0.1) is 0 Å². The predicted octanol–water partition coefficient (Wildman–Crippen LogP) is 2.82. The van der Waals surface area contributed by atoms with Crippen molar-refractivity contribution in [2.75, 3.05) is 6.61 Å². The highest BCUT2D eigenvalue weighted by molar-refractivity contribution is 7.80. The first-order valence-corrected chi connectivity index (χ1v) is 12.5. The number of hydrogen-bond donors (Lipinski definition) is 1. The summed E-state index contributed by atoms with van der Waals surface area (Å²) in [6.07, 6.45) is -6.37. The maximum Gasteiger partial charge on any atom is 0.303 e. The summed E-state index contributed by atoms with van der Waals surface area (Å²) < 4.78 is 38.7. The second-order valence-electron chi connectivity index (χ2n) is 8.54. The summed E-state index contributed by atoms with van der Waals surface area (Å²) in [7, 11) is 0. The minimum atomic E-state index is -1.34. The van der Waals surface area contributed by atoms with Gasteiger partial charge in [0.05, 0.1) is 0 Å². The second-order valence-corrected chi connectivity index (χ2v) is 8.91. The summed E-state index contributed by atoms with van der Waals surface area (Å²) in [6, 6.07) is 15.8. The predicted molar refractivity (Wildman–Crippen MR) is 141 cm³/mol. The summed E-state index contributed by atoms with van der Waals surface area (Å²) in [4.78, 5) is 47.3. The zero-order chi connectivity index (χ0) is 29.2. The highest BCUT2D eigenvalue weighted by Gasteiger charge is 2.52. The molecule has 40 heavy (non-hydrogen) atoms. The lowest BCUT2D eigenvalue weighted by Crippen LogP contribution is -2.66. The van der Waals surface area contributed by atoms with Crippen molar-refractivity contribution in [3.05, 3.63) is 54.6 Å². The molecular formula is C27H29NO11S. The van der Waals surface area contributed by atoms with E-state index in [1.54, 1.807) is 36.4 Å². The van der Waals surface area contributed by atoms with E-state index in [2.05, 4.69) is 5.32 Å². The van der Waals surface area contributed by atoms with Gasteiger partial charge in [0.1, 0.15) is 30.0 Å². The van der Waals surface area contributed by atoms with E-state index in [0.29, 0.717) is 17.2 Å². The Morgan fingerprint density at radius 1 is 0.750 bits per heavy atom. The minimum Gasteiger partial charge on any atom is -0.463 e. The molecule has 3 rings (SSSR count). The van der Waals surface area contributed by atoms with Crippen LogP contribution in [0.3, 0.4) is 0 Å². The average molecular weight is 576 g/mol. The minimum absolute atomic E-state index is 0.197. The molecule has 2 aromatic carbocycles. The van der Waals surface area contributed by atoms with Gasteiger partial charge in [0, 0.05) is 33.8 Å². The second kappa shape index (κ2) is 14.2. The number of thiocarbonyl (C=S) groups is 1. The number of para-hydroxylation sites is 1. The van der Waals surface area contributed by atoms with Gasteiger partial charge in [0.25, 0.3) is 5.17 Å². The van der Waals surface area contributed by atoms with Crippen LogP contribution in [0.2, 0.25) is 0 Å². The molecule has 5 atom stereocenters. The molecule has 0 bridgehead atoms. The topological polar surface area (TPSA) is 145 Å². The van der Waals surface area contributed by atoms with Gasteiger partial charge in [0.2, 0.25) is 0 Å². The van der Waals surface area contributed by atoms with E-state index in [4.69, 9.17) is 45.4 Å². The summed E-state index contributed by atoms with van der Waals surface area (Å²) in [5.41, 5.74) is 0. The van der Waals surface area contributed by atoms with E-state index in [9.17, 15) is 19.2 Å². The molecular weight excluding hydrogens is 546 g/mol. The molecule has 1 N–H and O–H groups in total. The van der Waals surface area contributed by atoms with Crippen molar-refractivity contribution in [3.8, 4) is 17.2 Å². The highest BCUT2D eigenvalue weighted by Crippen LogP contribution is 2.29. The molecule has 12 nitrogen and oxygen atoms in total. The van der Waals surface area contributed by atoms with Crippen molar-refractivity contribution in [2.45, 2.75) is 58.3 Å². The van der Waals surface area contributed by atoms with Crippen LogP contribution in [-0.4, -0.2) is 66.3 Å². The molecule has 0 radical (unpaired) electrons. The number of carbonyl (C=O) groups is 4. The van der Waals surface area contributed by atoms with Gasteiger partial charge in [-0.1, -0.05) is 24.3 Å². The molecule has 1 saturated heterocycles. The van der Waals surface area contributed by atoms with Gasteiger partial charge < -0.3 is 38.5 Å². The molecule has 1 heterocycles. The molecule has 2 aromatic rings. The van der Waals surface area contributed by atoms with Crippen molar-refractivity contribution in [3.63, 3.8) is 0 Å². The summed E-state index contributed by atoms with van der Waals surface area (Å²) in [5, 5.41) is 2.59. The number of rotatable bonds is 9.